The molecular weight excluding hydrogens is 458 g/mol. The number of hydrogen-bond donors (Lipinski definition) is 0. The Morgan fingerprint density at radius 1 is 1.00 bits per heavy atom. The van der Waals surface area contributed by atoms with Gasteiger partial charge in [0.15, 0.2) is 11.5 Å². The van der Waals surface area contributed by atoms with Gasteiger partial charge in [0, 0.05) is 12.4 Å². The number of benzene rings is 2. The molecule has 33 heavy (non-hydrogen) atoms. The van der Waals surface area contributed by atoms with Crippen LogP contribution in [0.1, 0.15) is 15.9 Å². The number of aromatic nitrogens is 1. The molecule has 4 rings (SSSR count). The summed E-state index contributed by atoms with van der Waals surface area (Å²) in [6, 6.07) is 16.0. The van der Waals surface area contributed by atoms with Gasteiger partial charge in [-0.3, -0.25) is 4.99 Å². The maximum atomic E-state index is 12.5. The van der Waals surface area contributed by atoms with Crippen molar-refractivity contribution >= 4 is 34.9 Å². The summed E-state index contributed by atoms with van der Waals surface area (Å²) in [4.78, 5) is 18.7. The highest BCUT2D eigenvalue weighted by Gasteiger charge is 2.13. The predicted octanol–water partition coefficient (Wildman–Crippen LogP) is 4.93. The molecule has 2 heterocycles. The Hall–Kier alpha value is -3.69. The molecule has 0 saturated carbocycles. The number of ether oxygens (including phenoxy) is 3. The zero-order valence-corrected chi connectivity index (χ0v) is 19.9. The molecule has 0 spiro atoms. The van der Waals surface area contributed by atoms with E-state index in [9.17, 15) is 4.79 Å². The molecule has 0 radical (unpaired) electrons. The third-order valence-electron chi connectivity index (χ3n) is 4.69. The van der Waals surface area contributed by atoms with Crippen LogP contribution in [0.3, 0.4) is 0 Å². The van der Waals surface area contributed by atoms with Crippen LogP contribution in [0.5, 0.6) is 17.2 Å². The number of esters is 1. The summed E-state index contributed by atoms with van der Waals surface area (Å²) in [7, 11) is 4.84. The molecule has 2 aromatic heterocycles. The van der Waals surface area contributed by atoms with E-state index in [-0.39, 0.29) is 0 Å². The molecule has 7 nitrogen and oxygen atoms in total. The van der Waals surface area contributed by atoms with E-state index in [2.05, 4.69) is 10.1 Å². The maximum Gasteiger partial charge on any atom is 0.343 e. The molecule has 0 N–H and O–H groups in total. The van der Waals surface area contributed by atoms with E-state index in [0.29, 0.717) is 22.8 Å². The van der Waals surface area contributed by atoms with Gasteiger partial charge in [0.25, 0.3) is 0 Å². The van der Waals surface area contributed by atoms with E-state index < -0.39 is 5.97 Å². The van der Waals surface area contributed by atoms with E-state index in [1.165, 1.54) is 18.4 Å². The van der Waals surface area contributed by atoms with Crippen LogP contribution in [-0.2, 0) is 0 Å². The fourth-order valence-electron chi connectivity index (χ4n) is 3.02. The standard InChI is InChI=1S/C24H21N3O4S2/c1-25-24-27(19(15-33-24)22-5-4-12-32-22)26-14-16-6-11-20(21(13-16)30-3)31-23(28)17-7-9-18(29-2)10-8-17/h4-15H,1-3H3. The van der Waals surface area contributed by atoms with E-state index in [1.807, 2.05) is 29.0 Å². The van der Waals surface area contributed by atoms with Crippen molar-refractivity contribution in [3.05, 3.63) is 81.3 Å². The minimum absolute atomic E-state index is 0.321. The fraction of sp³-hybridized carbons (Fsp3) is 0.125. The van der Waals surface area contributed by atoms with Gasteiger partial charge in [-0.2, -0.15) is 5.10 Å². The Kier molecular flexibility index (Phi) is 7.01. The first-order valence-electron chi connectivity index (χ1n) is 9.89. The van der Waals surface area contributed by atoms with Crippen LogP contribution in [0.25, 0.3) is 10.6 Å². The zero-order valence-electron chi connectivity index (χ0n) is 18.2. The Bertz CT molecular complexity index is 1340. The average Bonchev–Trinajstić information content (AvgIpc) is 3.53. The second-order valence-corrected chi connectivity index (χ2v) is 8.47. The molecular formula is C24H21N3O4S2. The molecule has 0 fully saturated rings. The molecule has 168 valence electrons. The van der Waals surface area contributed by atoms with E-state index in [4.69, 9.17) is 14.2 Å². The quantitative estimate of drug-likeness (QED) is 0.214. The molecule has 0 aliphatic heterocycles. The summed E-state index contributed by atoms with van der Waals surface area (Å²) < 4.78 is 17.9. The third kappa shape index (κ3) is 5.05. The van der Waals surface area contributed by atoms with Gasteiger partial charge in [0.2, 0.25) is 4.80 Å². The summed E-state index contributed by atoms with van der Waals surface area (Å²) in [6.07, 6.45) is 1.72. The molecule has 0 amide bonds. The van der Waals surface area contributed by atoms with Gasteiger partial charge in [-0.25, -0.2) is 9.47 Å². The molecule has 0 aliphatic rings. The number of nitrogens with zero attached hydrogens (tertiary/aromatic N) is 3. The van der Waals surface area contributed by atoms with Crippen LogP contribution in [0.15, 0.2) is 75.5 Å². The van der Waals surface area contributed by atoms with Crippen LogP contribution >= 0.6 is 22.7 Å². The number of rotatable bonds is 7. The highest BCUT2D eigenvalue weighted by atomic mass is 32.1. The number of thiazole rings is 1. The summed E-state index contributed by atoms with van der Waals surface area (Å²) in [5.41, 5.74) is 2.17. The summed E-state index contributed by atoms with van der Waals surface area (Å²) >= 11 is 3.17. The van der Waals surface area contributed by atoms with Gasteiger partial charge in [0.05, 0.1) is 36.6 Å². The van der Waals surface area contributed by atoms with Crippen molar-refractivity contribution in [3.63, 3.8) is 0 Å². The van der Waals surface area contributed by atoms with Crippen molar-refractivity contribution in [2.45, 2.75) is 0 Å². The van der Waals surface area contributed by atoms with Crippen molar-refractivity contribution in [2.75, 3.05) is 21.3 Å². The lowest BCUT2D eigenvalue weighted by Crippen LogP contribution is -2.11. The van der Waals surface area contributed by atoms with E-state index in [0.717, 1.165) is 20.9 Å². The summed E-state index contributed by atoms with van der Waals surface area (Å²) in [5.74, 6) is 0.927. The lowest BCUT2D eigenvalue weighted by Gasteiger charge is -2.10. The van der Waals surface area contributed by atoms with Gasteiger partial charge in [-0.1, -0.05) is 6.07 Å². The lowest BCUT2D eigenvalue weighted by atomic mass is 10.2. The molecule has 0 aliphatic carbocycles. The predicted molar refractivity (Wildman–Crippen MR) is 131 cm³/mol. The first kappa shape index (κ1) is 22.5. The third-order valence-corrected chi connectivity index (χ3v) is 6.49. The Morgan fingerprint density at radius 2 is 1.82 bits per heavy atom. The van der Waals surface area contributed by atoms with E-state index >= 15 is 0 Å². The normalized spacial score (nSPS) is 11.7. The fourth-order valence-corrected chi connectivity index (χ4v) is 4.61. The molecule has 0 unspecified atom stereocenters. The SMILES string of the molecule is CN=c1scc(-c2cccs2)n1N=Cc1ccc(OC(=O)c2ccc(OC)cc2)c(OC)c1. The Labute approximate surface area is 198 Å². The van der Waals surface area contributed by atoms with Gasteiger partial charge in [0.1, 0.15) is 5.75 Å². The van der Waals surface area contributed by atoms with Crippen molar-refractivity contribution in [1.82, 2.24) is 4.68 Å². The van der Waals surface area contributed by atoms with Crippen LogP contribution in [0.2, 0.25) is 0 Å². The van der Waals surface area contributed by atoms with Crippen molar-refractivity contribution in [2.24, 2.45) is 10.1 Å². The number of carbonyl (C=O) groups excluding carboxylic acids is 1. The number of thiophene rings is 1. The number of methoxy groups -OCH3 is 2. The molecule has 0 saturated heterocycles. The minimum atomic E-state index is -0.485. The Morgan fingerprint density at radius 3 is 2.48 bits per heavy atom. The van der Waals surface area contributed by atoms with Crippen LogP contribution in [0, 0.1) is 0 Å². The van der Waals surface area contributed by atoms with Crippen LogP contribution < -0.4 is 19.0 Å². The topological polar surface area (TPSA) is 74.4 Å². The van der Waals surface area contributed by atoms with Crippen molar-refractivity contribution in [1.29, 1.82) is 0 Å². The van der Waals surface area contributed by atoms with Gasteiger partial charge < -0.3 is 14.2 Å². The second-order valence-electron chi connectivity index (χ2n) is 6.69. The second kappa shape index (κ2) is 10.3. The van der Waals surface area contributed by atoms with Crippen LogP contribution in [-0.4, -0.2) is 38.1 Å². The first-order valence-corrected chi connectivity index (χ1v) is 11.6. The number of hydrogen-bond acceptors (Lipinski definition) is 8. The van der Waals surface area contributed by atoms with Gasteiger partial charge >= 0.3 is 5.97 Å². The highest BCUT2D eigenvalue weighted by Crippen LogP contribution is 2.29. The number of carbonyl (C=O) groups is 1. The molecule has 2 aromatic carbocycles. The summed E-state index contributed by atoms with van der Waals surface area (Å²) in [6.45, 7) is 0. The van der Waals surface area contributed by atoms with Crippen molar-refractivity contribution < 1.29 is 19.0 Å². The highest BCUT2D eigenvalue weighted by molar-refractivity contribution is 7.14. The smallest absolute Gasteiger partial charge is 0.343 e. The molecule has 4 aromatic rings. The minimum Gasteiger partial charge on any atom is -0.497 e. The van der Waals surface area contributed by atoms with Gasteiger partial charge in [-0.05, 0) is 59.5 Å². The molecule has 9 heteroatoms. The maximum absolute atomic E-state index is 12.5. The van der Waals surface area contributed by atoms with Gasteiger partial charge in [-0.15, -0.1) is 22.7 Å². The zero-order chi connectivity index (χ0) is 23.2. The Balaban J connectivity index is 1.57. The first-order chi connectivity index (χ1) is 16.1. The monoisotopic (exact) mass is 479 g/mol. The van der Waals surface area contributed by atoms with Crippen LogP contribution in [0.4, 0.5) is 0 Å². The molecule has 0 atom stereocenters. The average molecular weight is 480 g/mol. The molecule has 0 bridgehead atoms. The largest absolute Gasteiger partial charge is 0.497 e. The van der Waals surface area contributed by atoms with Crippen molar-refractivity contribution in [3.8, 4) is 27.8 Å². The summed E-state index contributed by atoms with van der Waals surface area (Å²) in [5, 5.41) is 8.70. The van der Waals surface area contributed by atoms with E-state index in [1.54, 1.807) is 72.8 Å². The lowest BCUT2D eigenvalue weighted by molar-refractivity contribution is 0.0729.